The van der Waals surface area contributed by atoms with Crippen LogP contribution in [0.3, 0.4) is 0 Å². The van der Waals surface area contributed by atoms with Crippen LogP contribution >= 0.6 is 23.2 Å². The largest absolute Gasteiger partial charge is 0.397 e. The SMILES string of the molecule is Nc1cc(Cl)c(Cl)cc1N1CCC(C(F)(F)F)CC1. The molecule has 0 saturated carbocycles. The van der Waals surface area contributed by atoms with Gasteiger partial charge < -0.3 is 10.6 Å². The third kappa shape index (κ3) is 3.20. The third-order valence-electron chi connectivity index (χ3n) is 3.37. The Hall–Kier alpha value is -0.810. The van der Waals surface area contributed by atoms with Gasteiger partial charge in [0.15, 0.2) is 0 Å². The number of nitrogens with zero attached hydrogens (tertiary/aromatic N) is 1. The first kappa shape index (κ1) is 14.6. The summed E-state index contributed by atoms with van der Waals surface area (Å²) in [5, 5.41) is 0.692. The van der Waals surface area contributed by atoms with Gasteiger partial charge in [0.2, 0.25) is 0 Å². The second-order valence-electron chi connectivity index (χ2n) is 4.63. The van der Waals surface area contributed by atoms with Crippen LogP contribution in [0.4, 0.5) is 24.5 Å². The highest BCUT2D eigenvalue weighted by Gasteiger charge is 2.41. The fourth-order valence-corrected chi connectivity index (χ4v) is 2.60. The maximum absolute atomic E-state index is 12.6. The van der Waals surface area contributed by atoms with E-state index in [1.165, 1.54) is 6.07 Å². The lowest BCUT2D eigenvalue weighted by Gasteiger charge is -2.35. The van der Waals surface area contributed by atoms with E-state index in [0.717, 1.165) is 0 Å². The number of halogens is 5. The molecular formula is C12H13Cl2F3N2. The molecule has 19 heavy (non-hydrogen) atoms. The molecule has 0 bridgehead atoms. The van der Waals surface area contributed by atoms with E-state index in [2.05, 4.69) is 0 Å². The van der Waals surface area contributed by atoms with Crippen molar-refractivity contribution in [3.05, 3.63) is 22.2 Å². The van der Waals surface area contributed by atoms with Crippen molar-refractivity contribution in [1.82, 2.24) is 0 Å². The molecule has 2 nitrogen and oxygen atoms in total. The van der Waals surface area contributed by atoms with Crippen LogP contribution in [-0.2, 0) is 0 Å². The molecule has 0 aromatic heterocycles. The molecule has 0 spiro atoms. The van der Waals surface area contributed by atoms with E-state index >= 15 is 0 Å². The molecule has 1 heterocycles. The van der Waals surface area contributed by atoms with Crippen LogP contribution < -0.4 is 10.6 Å². The van der Waals surface area contributed by atoms with Crippen LogP contribution in [0.1, 0.15) is 12.8 Å². The molecule has 7 heteroatoms. The molecular weight excluding hydrogens is 300 g/mol. The molecule has 2 rings (SSSR count). The zero-order chi connectivity index (χ0) is 14.2. The Kier molecular flexibility index (Phi) is 4.06. The summed E-state index contributed by atoms with van der Waals surface area (Å²) >= 11 is 11.7. The monoisotopic (exact) mass is 312 g/mol. The third-order valence-corrected chi connectivity index (χ3v) is 4.09. The molecule has 106 valence electrons. The van der Waals surface area contributed by atoms with Gasteiger partial charge in [-0.2, -0.15) is 13.2 Å². The van der Waals surface area contributed by atoms with Gasteiger partial charge in [0.05, 0.1) is 27.3 Å². The van der Waals surface area contributed by atoms with E-state index in [1.54, 1.807) is 6.07 Å². The molecule has 0 aliphatic carbocycles. The van der Waals surface area contributed by atoms with E-state index in [0.29, 0.717) is 34.5 Å². The summed E-state index contributed by atoms with van der Waals surface area (Å²) in [6.07, 6.45) is -3.97. The predicted molar refractivity (Wildman–Crippen MR) is 71.9 cm³/mol. The lowest BCUT2D eigenvalue weighted by molar-refractivity contribution is -0.179. The number of alkyl halides is 3. The Morgan fingerprint density at radius 1 is 1.11 bits per heavy atom. The van der Waals surface area contributed by atoms with E-state index < -0.39 is 12.1 Å². The van der Waals surface area contributed by atoms with E-state index in [-0.39, 0.29) is 12.8 Å². The van der Waals surface area contributed by atoms with Crippen LogP contribution in [0.25, 0.3) is 0 Å². The number of anilines is 2. The fraction of sp³-hybridized carbons (Fsp3) is 0.500. The highest BCUT2D eigenvalue weighted by molar-refractivity contribution is 6.42. The van der Waals surface area contributed by atoms with Crippen LogP contribution in [0.15, 0.2) is 12.1 Å². The van der Waals surface area contributed by atoms with Crippen molar-refractivity contribution in [3.8, 4) is 0 Å². The first-order valence-corrected chi connectivity index (χ1v) is 6.61. The summed E-state index contributed by atoms with van der Waals surface area (Å²) in [6.45, 7) is 0.624. The topological polar surface area (TPSA) is 29.3 Å². The van der Waals surface area contributed by atoms with Crippen molar-refractivity contribution < 1.29 is 13.2 Å². The lowest BCUT2D eigenvalue weighted by atomic mass is 9.96. The Labute approximate surface area is 119 Å². The minimum Gasteiger partial charge on any atom is -0.397 e. The number of nitrogens with two attached hydrogens (primary N) is 1. The van der Waals surface area contributed by atoms with Gasteiger partial charge in [-0.1, -0.05) is 23.2 Å². The highest BCUT2D eigenvalue weighted by Crippen LogP contribution is 2.38. The summed E-state index contributed by atoms with van der Waals surface area (Å²) < 4.78 is 37.8. The predicted octanol–water partition coefficient (Wildman–Crippen LogP) is 4.35. The number of rotatable bonds is 1. The Bertz CT molecular complexity index is 469. The van der Waals surface area contributed by atoms with Crippen molar-refractivity contribution in [2.75, 3.05) is 23.7 Å². The zero-order valence-corrected chi connectivity index (χ0v) is 11.5. The fourth-order valence-electron chi connectivity index (χ4n) is 2.27. The van der Waals surface area contributed by atoms with Crippen molar-refractivity contribution in [3.63, 3.8) is 0 Å². The molecule has 0 amide bonds. The van der Waals surface area contributed by atoms with Gasteiger partial charge in [0.1, 0.15) is 0 Å². The molecule has 0 atom stereocenters. The molecule has 0 radical (unpaired) electrons. The quantitative estimate of drug-likeness (QED) is 0.781. The van der Waals surface area contributed by atoms with Gasteiger partial charge in [-0.15, -0.1) is 0 Å². The van der Waals surface area contributed by atoms with E-state index in [9.17, 15) is 13.2 Å². The molecule has 0 unspecified atom stereocenters. The first-order valence-electron chi connectivity index (χ1n) is 5.85. The smallest absolute Gasteiger partial charge is 0.391 e. The van der Waals surface area contributed by atoms with Crippen LogP contribution in [-0.4, -0.2) is 19.3 Å². The Morgan fingerprint density at radius 3 is 2.16 bits per heavy atom. The summed E-state index contributed by atoms with van der Waals surface area (Å²) in [5.74, 6) is -1.23. The minimum atomic E-state index is -4.12. The van der Waals surface area contributed by atoms with Crippen molar-refractivity contribution in [2.45, 2.75) is 19.0 Å². The van der Waals surface area contributed by atoms with E-state index in [4.69, 9.17) is 28.9 Å². The number of nitrogen functional groups attached to an aromatic ring is 1. The highest BCUT2D eigenvalue weighted by atomic mass is 35.5. The lowest BCUT2D eigenvalue weighted by Crippen LogP contribution is -2.39. The standard InChI is InChI=1S/C12H13Cl2F3N2/c13-8-5-10(18)11(6-9(8)14)19-3-1-7(2-4-19)12(15,16)17/h5-7H,1-4,18H2. The number of piperidine rings is 1. The molecule has 1 fully saturated rings. The maximum atomic E-state index is 12.6. The molecule has 1 aliphatic rings. The van der Waals surface area contributed by atoms with Gasteiger partial charge in [-0.3, -0.25) is 0 Å². The van der Waals surface area contributed by atoms with Gasteiger partial charge in [-0.05, 0) is 25.0 Å². The molecule has 2 N–H and O–H groups in total. The molecule has 1 aromatic carbocycles. The molecule has 1 aliphatic heterocycles. The summed E-state index contributed by atoms with van der Waals surface area (Å²) in [5.41, 5.74) is 6.91. The van der Waals surface area contributed by atoms with Crippen molar-refractivity contribution in [2.24, 2.45) is 5.92 Å². The molecule has 1 aromatic rings. The summed E-state index contributed by atoms with van der Waals surface area (Å²) in [7, 11) is 0. The Morgan fingerprint density at radius 2 is 1.63 bits per heavy atom. The van der Waals surface area contributed by atoms with Gasteiger partial charge in [0.25, 0.3) is 0 Å². The number of hydrogen-bond acceptors (Lipinski definition) is 2. The van der Waals surface area contributed by atoms with Crippen LogP contribution in [0, 0.1) is 5.92 Å². The van der Waals surface area contributed by atoms with Crippen LogP contribution in [0.2, 0.25) is 10.0 Å². The zero-order valence-electron chi connectivity index (χ0n) is 9.97. The number of hydrogen-bond donors (Lipinski definition) is 1. The van der Waals surface area contributed by atoms with E-state index in [1.807, 2.05) is 4.90 Å². The Balaban J connectivity index is 2.12. The van der Waals surface area contributed by atoms with Gasteiger partial charge in [-0.25, -0.2) is 0 Å². The maximum Gasteiger partial charge on any atom is 0.391 e. The van der Waals surface area contributed by atoms with Crippen molar-refractivity contribution >= 4 is 34.6 Å². The first-order chi connectivity index (χ1) is 8.79. The average molecular weight is 313 g/mol. The summed E-state index contributed by atoms with van der Waals surface area (Å²) in [4.78, 5) is 1.82. The second-order valence-corrected chi connectivity index (χ2v) is 5.44. The normalized spacial score (nSPS) is 17.8. The van der Waals surface area contributed by atoms with Gasteiger partial charge in [0, 0.05) is 13.1 Å². The van der Waals surface area contributed by atoms with Crippen LogP contribution in [0.5, 0.6) is 0 Å². The van der Waals surface area contributed by atoms with Crippen molar-refractivity contribution in [1.29, 1.82) is 0 Å². The van der Waals surface area contributed by atoms with Gasteiger partial charge >= 0.3 is 6.18 Å². The number of benzene rings is 1. The molecule has 1 saturated heterocycles. The summed E-state index contributed by atoms with van der Waals surface area (Å²) in [6, 6.07) is 3.13. The second kappa shape index (κ2) is 5.29. The minimum absolute atomic E-state index is 0.0726. The average Bonchev–Trinajstić information content (AvgIpc) is 2.33.